The van der Waals surface area contributed by atoms with E-state index in [0.29, 0.717) is 6.04 Å². The van der Waals surface area contributed by atoms with Crippen LogP contribution < -0.4 is 5.32 Å². The topological polar surface area (TPSA) is 55.6 Å². The van der Waals surface area contributed by atoms with Gasteiger partial charge in [-0.3, -0.25) is 0 Å². The van der Waals surface area contributed by atoms with Crippen molar-refractivity contribution in [3.05, 3.63) is 35.4 Å². The standard InChI is InChI=1S/C14H21N5S/c1-4-11-6-8-12(9-7-11)13(15-5-2)10-20-14-16-17-18-19(14)3/h6-9,13,15H,4-5,10H2,1-3H3. The molecule has 20 heavy (non-hydrogen) atoms. The average Bonchev–Trinajstić information content (AvgIpc) is 2.89. The van der Waals surface area contributed by atoms with Crippen molar-refractivity contribution in [1.82, 2.24) is 25.5 Å². The molecule has 0 saturated carbocycles. The van der Waals surface area contributed by atoms with Gasteiger partial charge < -0.3 is 5.32 Å². The molecule has 108 valence electrons. The first kappa shape index (κ1) is 15.0. The SMILES string of the molecule is CCNC(CSc1nnnn1C)c1ccc(CC)cc1. The molecule has 2 rings (SSSR count). The van der Waals surface area contributed by atoms with Crippen molar-refractivity contribution in [3.8, 4) is 0 Å². The zero-order valence-corrected chi connectivity index (χ0v) is 13.0. The molecule has 6 heteroatoms. The second kappa shape index (κ2) is 7.40. The summed E-state index contributed by atoms with van der Waals surface area (Å²) in [6.07, 6.45) is 1.07. The third-order valence-corrected chi connectivity index (χ3v) is 4.31. The lowest BCUT2D eigenvalue weighted by atomic mass is 10.1. The van der Waals surface area contributed by atoms with Crippen LogP contribution in [0.3, 0.4) is 0 Å². The highest BCUT2D eigenvalue weighted by Gasteiger charge is 2.13. The van der Waals surface area contributed by atoms with E-state index in [-0.39, 0.29) is 0 Å². The number of tetrazole rings is 1. The van der Waals surface area contributed by atoms with E-state index in [9.17, 15) is 0 Å². The summed E-state index contributed by atoms with van der Waals surface area (Å²) < 4.78 is 1.70. The molecule has 0 spiro atoms. The minimum Gasteiger partial charge on any atom is -0.309 e. The van der Waals surface area contributed by atoms with Crippen LogP contribution in [0, 0.1) is 0 Å². The van der Waals surface area contributed by atoms with Crippen molar-refractivity contribution >= 4 is 11.8 Å². The van der Waals surface area contributed by atoms with Crippen molar-refractivity contribution in [3.63, 3.8) is 0 Å². The van der Waals surface area contributed by atoms with Crippen molar-refractivity contribution in [2.75, 3.05) is 12.3 Å². The Morgan fingerprint density at radius 1 is 1.25 bits per heavy atom. The van der Waals surface area contributed by atoms with E-state index in [1.165, 1.54) is 11.1 Å². The molecule has 1 heterocycles. The fourth-order valence-electron chi connectivity index (χ4n) is 2.01. The van der Waals surface area contributed by atoms with Gasteiger partial charge in [-0.15, -0.1) is 5.10 Å². The van der Waals surface area contributed by atoms with Gasteiger partial charge in [0.15, 0.2) is 0 Å². The van der Waals surface area contributed by atoms with Crippen LogP contribution in [-0.4, -0.2) is 32.5 Å². The number of aryl methyl sites for hydroxylation is 2. The Bertz CT molecular complexity index is 523. The van der Waals surface area contributed by atoms with E-state index in [4.69, 9.17) is 0 Å². The number of aromatic nitrogens is 4. The highest BCUT2D eigenvalue weighted by Crippen LogP contribution is 2.23. The molecule has 5 nitrogen and oxygen atoms in total. The van der Waals surface area contributed by atoms with E-state index < -0.39 is 0 Å². The monoisotopic (exact) mass is 291 g/mol. The van der Waals surface area contributed by atoms with E-state index in [2.05, 4.69) is 59.0 Å². The summed E-state index contributed by atoms with van der Waals surface area (Å²) in [5.41, 5.74) is 2.68. The van der Waals surface area contributed by atoms with E-state index in [0.717, 1.165) is 23.9 Å². The third-order valence-electron chi connectivity index (χ3n) is 3.20. The van der Waals surface area contributed by atoms with Gasteiger partial charge in [0.25, 0.3) is 0 Å². The van der Waals surface area contributed by atoms with Crippen LogP contribution in [0.25, 0.3) is 0 Å². The summed E-state index contributed by atoms with van der Waals surface area (Å²) in [5.74, 6) is 0.910. The molecule has 0 radical (unpaired) electrons. The van der Waals surface area contributed by atoms with Gasteiger partial charge in [0.2, 0.25) is 5.16 Å². The maximum atomic E-state index is 4.01. The predicted molar refractivity (Wildman–Crippen MR) is 81.8 cm³/mol. The lowest BCUT2D eigenvalue weighted by molar-refractivity contribution is 0.603. The Balaban J connectivity index is 2.04. The van der Waals surface area contributed by atoms with Crippen molar-refractivity contribution in [2.24, 2.45) is 7.05 Å². The number of hydrogen-bond acceptors (Lipinski definition) is 5. The lowest BCUT2D eigenvalue weighted by Crippen LogP contribution is -2.23. The van der Waals surface area contributed by atoms with Crippen molar-refractivity contribution < 1.29 is 0 Å². The molecule has 1 aromatic carbocycles. The van der Waals surface area contributed by atoms with Crippen LogP contribution >= 0.6 is 11.8 Å². The Morgan fingerprint density at radius 2 is 2.00 bits per heavy atom. The highest BCUT2D eigenvalue weighted by molar-refractivity contribution is 7.99. The summed E-state index contributed by atoms with van der Waals surface area (Å²) in [4.78, 5) is 0. The van der Waals surface area contributed by atoms with Gasteiger partial charge in [-0.25, -0.2) is 4.68 Å². The van der Waals surface area contributed by atoms with Crippen molar-refractivity contribution in [2.45, 2.75) is 31.5 Å². The molecule has 0 bridgehead atoms. The third kappa shape index (κ3) is 3.80. The van der Waals surface area contributed by atoms with Crippen molar-refractivity contribution in [1.29, 1.82) is 0 Å². The highest BCUT2D eigenvalue weighted by atomic mass is 32.2. The molecule has 1 N–H and O–H groups in total. The number of hydrogen-bond donors (Lipinski definition) is 1. The zero-order valence-electron chi connectivity index (χ0n) is 12.2. The molecule has 1 unspecified atom stereocenters. The van der Waals surface area contributed by atoms with Gasteiger partial charge in [-0.2, -0.15) is 0 Å². The molecule has 1 atom stereocenters. The van der Waals surface area contributed by atoms with E-state index in [1.54, 1.807) is 16.4 Å². The quantitative estimate of drug-likeness (QED) is 0.793. The minimum atomic E-state index is 0.313. The lowest BCUT2D eigenvalue weighted by Gasteiger charge is -2.18. The Hall–Kier alpha value is -1.40. The molecular formula is C14H21N5S. The molecule has 0 saturated heterocycles. The van der Waals surface area contributed by atoms with Crippen LogP contribution in [0.5, 0.6) is 0 Å². The van der Waals surface area contributed by atoms with Crippen LogP contribution in [0.1, 0.15) is 31.0 Å². The molecule has 0 aliphatic carbocycles. The second-order valence-electron chi connectivity index (χ2n) is 4.60. The van der Waals surface area contributed by atoms with Gasteiger partial charge >= 0.3 is 0 Å². The molecule has 0 amide bonds. The van der Waals surface area contributed by atoms with Gasteiger partial charge in [0, 0.05) is 18.8 Å². The van der Waals surface area contributed by atoms with Crippen LogP contribution in [-0.2, 0) is 13.5 Å². The summed E-state index contributed by atoms with van der Waals surface area (Å²) >= 11 is 1.67. The first-order chi connectivity index (χ1) is 9.74. The number of benzene rings is 1. The Morgan fingerprint density at radius 3 is 2.55 bits per heavy atom. The van der Waals surface area contributed by atoms with Crippen LogP contribution in [0.4, 0.5) is 0 Å². The summed E-state index contributed by atoms with van der Waals surface area (Å²) in [6, 6.07) is 9.14. The van der Waals surface area contributed by atoms with E-state index in [1.807, 2.05) is 7.05 Å². The first-order valence-electron chi connectivity index (χ1n) is 6.92. The summed E-state index contributed by atoms with van der Waals surface area (Å²) in [5, 5.41) is 15.9. The Kier molecular flexibility index (Phi) is 5.55. The molecule has 2 aromatic rings. The minimum absolute atomic E-state index is 0.313. The number of thioether (sulfide) groups is 1. The summed E-state index contributed by atoms with van der Waals surface area (Å²) in [7, 11) is 1.86. The summed E-state index contributed by atoms with van der Waals surface area (Å²) in [6.45, 7) is 5.24. The normalized spacial score (nSPS) is 12.6. The molecular weight excluding hydrogens is 270 g/mol. The van der Waals surface area contributed by atoms with Gasteiger partial charge in [-0.1, -0.05) is 49.9 Å². The van der Waals surface area contributed by atoms with Gasteiger partial charge in [-0.05, 0) is 34.5 Å². The van der Waals surface area contributed by atoms with Crippen LogP contribution in [0.2, 0.25) is 0 Å². The van der Waals surface area contributed by atoms with Crippen LogP contribution in [0.15, 0.2) is 29.4 Å². The molecule has 0 fully saturated rings. The fraction of sp³-hybridized carbons (Fsp3) is 0.500. The molecule has 0 aliphatic rings. The number of rotatable bonds is 7. The number of nitrogens with zero attached hydrogens (tertiary/aromatic N) is 4. The van der Waals surface area contributed by atoms with Gasteiger partial charge in [0.05, 0.1) is 0 Å². The maximum absolute atomic E-state index is 4.01. The molecule has 1 aromatic heterocycles. The smallest absolute Gasteiger partial charge is 0.209 e. The Labute approximate surface area is 124 Å². The predicted octanol–water partition coefficient (Wildman–Crippen LogP) is 2.22. The van der Waals surface area contributed by atoms with E-state index >= 15 is 0 Å². The largest absolute Gasteiger partial charge is 0.309 e. The zero-order chi connectivity index (χ0) is 14.4. The first-order valence-corrected chi connectivity index (χ1v) is 7.90. The molecule has 0 aliphatic heterocycles. The second-order valence-corrected chi connectivity index (χ2v) is 5.59. The van der Waals surface area contributed by atoms with Gasteiger partial charge in [0.1, 0.15) is 0 Å². The fourth-order valence-corrected chi connectivity index (χ4v) is 2.95. The average molecular weight is 291 g/mol. The number of nitrogens with one attached hydrogen (secondary N) is 1. The maximum Gasteiger partial charge on any atom is 0.209 e.